The van der Waals surface area contributed by atoms with E-state index in [1.807, 2.05) is 41.6 Å². The molecule has 0 saturated heterocycles. The van der Waals surface area contributed by atoms with Crippen LogP contribution in [0.15, 0.2) is 65.1 Å². The van der Waals surface area contributed by atoms with Crippen molar-refractivity contribution in [1.29, 1.82) is 0 Å². The van der Waals surface area contributed by atoms with Crippen molar-refractivity contribution in [3.05, 3.63) is 87.6 Å². The SMILES string of the molecule is CC1(C)C(=C=O)N(Cc2ccsc2)c2cc(C(=O)Nc3c[nH]c4ccc(F)cc34)ccc21. The summed E-state index contributed by atoms with van der Waals surface area (Å²) >= 11 is 1.60. The van der Waals surface area contributed by atoms with Gasteiger partial charge in [0.25, 0.3) is 5.91 Å². The molecule has 2 aromatic heterocycles. The van der Waals surface area contributed by atoms with Crippen LogP contribution in [0, 0.1) is 5.82 Å². The second kappa shape index (κ2) is 7.48. The highest BCUT2D eigenvalue weighted by Gasteiger charge is 2.41. The van der Waals surface area contributed by atoms with Gasteiger partial charge < -0.3 is 15.2 Å². The molecule has 7 heteroatoms. The molecule has 0 radical (unpaired) electrons. The van der Waals surface area contributed by atoms with Crippen LogP contribution in [0.2, 0.25) is 0 Å². The summed E-state index contributed by atoms with van der Waals surface area (Å²) in [5.74, 6) is 1.45. The van der Waals surface area contributed by atoms with E-state index in [0.29, 0.717) is 28.9 Å². The first kappa shape index (κ1) is 20.2. The number of nitrogens with one attached hydrogen (secondary N) is 2. The summed E-state index contributed by atoms with van der Waals surface area (Å²) in [5, 5.41) is 7.51. The molecule has 0 fully saturated rings. The number of thiophene rings is 1. The first-order valence-electron chi connectivity index (χ1n) is 10.1. The predicted molar refractivity (Wildman–Crippen MR) is 125 cm³/mol. The van der Waals surface area contributed by atoms with E-state index in [2.05, 4.69) is 16.2 Å². The second-order valence-corrected chi connectivity index (χ2v) is 9.15. The van der Waals surface area contributed by atoms with Gasteiger partial charge in [-0.1, -0.05) is 6.07 Å². The topological polar surface area (TPSA) is 65.2 Å². The molecule has 0 bridgehead atoms. The van der Waals surface area contributed by atoms with E-state index in [0.717, 1.165) is 22.3 Å². The van der Waals surface area contributed by atoms with Gasteiger partial charge in [-0.25, -0.2) is 9.18 Å². The van der Waals surface area contributed by atoms with E-state index in [-0.39, 0.29) is 11.7 Å². The number of benzene rings is 2. The highest BCUT2D eigenvalue weighted by molar-refractivity contribution is 7.07. The molecule has 32 heavy (non-hydrogen) atoms. The van der Waals surface area contributed by atoms with E-state index >= 15 is 0 Å². The molecule has 2 N–H and O–H groups in total. The van der Waals surface area contributed by atoms with E-state index < -0.39 is 5.41 Å². The Bertz CT molecular complexity index is 1400. The third kappa shape index (κ3) is 3.23. The van der Waals surface area contributed by atoms with Crippen LogP contribution < -0.4 is 10.2 Å². The van der Waals surface area contributed by atoms with Crippen LogP contribution in [0.25, 0.3) is 10.9 Å². The summed E-state index contributed by atoms with van der Waals surface area (Å²) in [5.41, 5.74) is 4.59. The van der Waals surface area contributed by atoms with Crippen LogP contribution in [0.4, 0.5) is 15.8 Å². The fourth-order valence-electron chi connectivity index (χ4n) is 4.31. The van der Waals surface area contributed by atoms with Crippen LogP contribution in [0.3, 0.4) is 0 Å². The number of allylic oxidation sites excluding steroid dienone is 1. The zero-order valence-corrected chi connectivity index (χ0v) is 18.3. The number of H-pyrrole nitrogens is 1. The molecule has 1 amide bonds. The van der Waals surface area contributed by atoms with Crippen molar-refractivity contribution >= 4 is 45.5 Å². The summed E-state index contributed by atoms with van der Waals surface area (Å²) in [7, 11) is 0. The minimum atomic E-state index is -0.517. The Morgan fingerprint density at radius 2 is 2.06 bits per heavy atom. The monoisotopic (exact) mass is 445 g/mol. The van der Waals surface area contributed by atoms with Crippen molar-refractivity contribution in [3.63, 3.8) is 0 Å². The first-order chi connectivity index (χ1) is 15.4. The maximum Gasteiger partial charge on any atom is 0.255 e. The molecule has 5 rings (SSSR count). The molecule has 0 atom stereocenters. The molecular formula is C25H20FN3O2S. The Balaban J connectivity index is 1.51. The van der Waals surface area contributed by atoms with Crippen LogP contribution in [-0.2, 0) is 16.8 Å². The van der Waals surface area contributed by atoms with Crippen LogP contribution in [0.5, 0.6) is 0 Å². The fourth-order valence-corrected chi connectivity index (χ4v) is 4.97. The quantitative estimate of drug-likeness (QED) is 0.400. The van der Waals surface area contributed by atoms with Gasteiger partial charge in [0.15, 0.2) is 0 Å². The lowest BCUT2D eigenvalue weighted by molar-refractivity contribution is 0.102. The number of hydrogen-bond acceptors (Lipinski definition) is 4. The number of aromatic amines is 1. The maximum absolute atomic E-state index is 13.7. The van der Waals surface area contributed by atoms with Crippen molar-refractivity contribution in [3.8, 4) is 0 Å². The largest absolute Gasteiger partial charge is 0.359 e. The van der Waals surface area contributed by atoms with Gasteiger partial charge in [0.05, 0.1) is 5.69 Å². The van der Waals surface area contributed by atoms with Crippen LogP contribution in [0.1, 0.15) is 35.3 Å². The van der Waals surface area contributed by atoms with Crippen LogP contribution in [-0.4, -0.2) is 16.8 Å². The third-order valence-corrected chi connectivity index (χ3v) is 6.73. The van der Waals surface area contributed by atoms with E-state index in [1.54, 1.807) is 35.7 Å². The van der Waals surface area contributed by atoms with Gasteiger partial charge in [-0.2, -0.15) is 11.3 Å². The number of rotatable bonds is 4. The summed E-state index contributed by atoms with van der Waals surface area (Å²) in [6.07, 6.45) is 1.65. The standard InChI is InChI=1S/C25H20FN3O2S/c1-25(2)19-5-3-16(9-22(19)29(23(25)13-30)12-15-7-8-32-14-15)24(31)28-21-11-27-20-6-4-17(26)10-18(20)21/h3-11,14,27H,12H2,1-2H3,(H,28,31). The van der Waals surface area contributed by atoms with Crippen molar-refractivity contribution in [1.82, 2.24) is 4.98 Å². The minimum absolute atomic E-state index is 0.310. The first-order valence-corrected chi connectivity index (χ1v) is 11.1. The van der Waals surface area contributed by atoms with Gasteiger partial charge in [0.1, 0.15) is 17.5 Å². The van der Waals surface area contributed by atoms with Gasteiger partial charge in [-0.3, -0.25) is 4.79 Å². The molecule has 1 aliphatic heterocycles. The number of aromatic nitrogens is 1. The fraction of sp³-hybridized carbons (Fsp3) is 0.160. The molecule has 3 heterocycles. The number of anilines is 2. The molecular weight excluding hydrogens is 425 g/mol. The van der Waals surface area contributed by atoms with E-state index in [1.165, 1.54) is 12.1 Å². The summed E-state index contributed by atoms with van der Waals surface area (Å²) in [6.45, 7) is 4.50. The van der Waals surface area contributed by atoms with Crippen molar-refractivity contribution < 1.29 is 14.0 Å². The van der Waals surface area contributed by atoms with Gasteiger partial charge in [0.2, 0.25) is 0 Å². The molecule has 4 aromatic rings. The third-order valence-electron chi connectivity index (χ3n) is 6.00. The lowest BCUT2D eigenvalue weighted by Crippen LogP contribution is -2.26. The molecule has 1 aliphatic rings. The van der Waals surface area contributed by atoms with Crippen molar-refractivity contribution in [2.45, 2.75) is 25.8 Å². The summed E-state index contributed by atoms with van der Waals surface area (Å²) < 4.78 is 13.7. The average Bonchev–Trinajstić information content (AvgIpc) is 3.47. The number of halogens is 1. The number of carbonyl (C=O) groups is 1. The van der Waals surface area contributed by atoms with Crippen molar-refractivity contribution in [2.75, 3.05) is 10.2 Å². The Hall–Kier alpha value is -3.67. The molecule has 0 aliphatic carbocycles. The number of carbonyl (C=O) groups excluding carboxylic acids is 2. The molecule has 0 spiro atoms. The number of nitrogens with zero attached hydrogens (tertiary/aromatic N) is 1. The lowest BCUT2D eigenvalue weighted by Gasteiger charge is -2.23. The maximum atomic E-state index is 13.7. The second-order valence-electron chi connectivity index (χ2n) is 8.37. The average molecular weight is 446 g/mol. The number of fused-ring (bicyclic) bond motifs is 2. The number of hydrogen-bond donors (Lipinski definition) is 2. The van der Waals surface area contributed by atoms with Crippen LogP contribution >= 0.6 is 11.3 Å². The Morgan fingerprint density at radius 3 is 2.81 bits per heavy atom. The highest BCUT2D eigenvalue weighted by atomic mass is 32.1. The molecule has 5 nitrogen and oxygen atoms in total. The normalized spacial score (nSPS) is 14.5. The smallest absolute Gasteiger partial charge is 0.255 e. The van der Waals surface area contributed by atoms with E-state index in [4.69, 9.17) is 0 Å². The zero-order chi connectivity index (χ0) is 22.5. The van der Waals surface area contributed by atoms with Gasteiger partial charge in [0, 0.05) is 40.3 Å². The molecule has 0 unspecified atom stereocenters. The van der Waals surface area contributed by atoms with Gasteiger partial charge in [-0.15, -0.1) is 0 Å². The lowest BCUT2D eigenvalue weighted by atomic mass is 9.84. The Morgan fingerprint density at radius 1 is 1.22 bits per heavy atom. The molecule has 2 aromatic carbocycles. The predicted octanol–water partition coefficient (Wildman–Crippen LogP) is 5.63. The molecule has 160 valence electrons. The summed E-state index contributed by atoms with van der Waals surface area (Å²) in [6, 6.07) is 11.9. The minimum Gasteiger partial charge on any atom is -0.359 e. The Kier molecular flexibility index (Phi) is 4.73. The van der Waals surface area contributed by atoms with E-state index in [9.17, 15) is 14.0 Å². The number of amides is 1. The molecule has 0 saturated carbocycles. The highest BCUT2D eigenvalue weighted by Crippen LogP contribution is 2.47. The summed E-state index contributed by atoms with van der Waals surface area (Å²) in [4.78, 5) is 29.9. The zero-order valence-electron chi connectivity index (χ0n) is 17.5. The van der Waals surface area contributed by atoms with Crippen molar-refractivity contribution in [2.24, 2.45) is 0 Å². The Labute approximate surface area is 188 Å². The van der Waals surface area contributed by atoms with Gasteiger partial charge >= 0.3 is 0 Å². The van der Waals surface area contributed by atoms with Gasteiger partial charge in [-0.05, 0) is 72.1 Å².